The number of rotatable bonds is 5. The SMILES string of the molecule is C=CCCOc1ccc2cc([B-](F)(F)F)ccc2c1. The molecule has 2 aromatic rings. The molecule has 0 fully saturated rings. The summed E-state index contributed by atoms with van der Waals surface area (Å²) in [5, 5.41) is 1.30. The van der Waals surface area contributed by atoms with E-state index in [2.05, 4.69) is 6.58 Å². The molecule has 0 aromatic heterocycles. The summed E-state index contributed by atoms with van der Waals surface area (Å²) in [7, 11) is 0. The molecule has 0 aliphatic rings. The van der Waals surface area contributed by atoms with E-state index in [1.165, 1.54) is 12.1 Å². The number of benzene rings is 2. The lowest BCUT2D eigenvalue weighted by Crippen LogP contribution is -2.33. The summed E-state index contributed by atoms with van der Waals surface area (Å²) < 4.78 is 43.3. The summed E-state index contributed by atoms with van der Waals surface area (Å²) >= 11 is 0. The zero-order chi connectivity index (χ0) is 13.9. The van der Waals surface area contributed by atoms with Crippen LogP contribution in [0.2, 0.25) is 0 Å². The molecule has 0 N–H and O–H groups in total. The van der Waals surface area contributed by atoms with Gasteiger partial charge in [-0.3, -0.25) is 0 Å². The van der Waals surface area contributed by atoms with Crippen LogP contribution in [-0.2, 0) is 0 Å². The summed E-state index contributed by atoms with van der Waals surface area (Å²) in [6, 6.07) is 8.81. The number of fused-ring (bicyclic) bond motifs is 1. The monoisotopic (exact) mass is 265 g/mol. The number of ether oxygens (including phenoxy) is 1. The summed E-state index contributed by atoms with van der Waals surface area (Å²) in [6.07, 6.45) is 2.48. The number of hydrogen-bond acceptors (Lipinski definition) is 1. The zero-order valence-corrected chi connectivity index (χ0v) is 10.3. The van der Waals surface area contributed by atoms with Gasteiger partial charge >= 0.3 is 6.98 Å². The molecule has 0 aliphatic carbocycles. The maximum atomic E-state index is 12.6. The third-order valence-electron chi connectivity index (χ3n) is 2.80. The second-order valence-corrected chi connectivity index (χ2v) is 4.27. The van der Waals surface area contributed by atoms with Gasteiger partial charge in [0.25, 0.3) is 0 Å². The van der Waals surface area contributed by atoms with Gasteiger partial charge in [-0.15, -0.1) is 12.0 Å². The van der Waals surface area contributed by atoms with Crippen molar-refractivity contribution in [3.05, 3.63) is 49.1 Å². The zero-order valence-electron chi connectivity index (χ0n) is 10.3. The third kappa shape index (κ3) is 3.31. The van der Waals surface area contributed by atoms with Crippen LogP contribution < -0.4 is 10.2 Å². The van der Waals surface area contributed by atoms with E-state index in [0.29, 0.717) is 17.7 Å². The fourth-order valence-corrected chi connectivity index (χ4v) is 1.80. The van der Waals surface area contributed by atoms with Crippen molar-refractivity contribution < 1.29 is 17.7 Å². The summed E-state index contributed by atoms with van der Waals surface area (Å²) in [5.41, 5.74) is -0.576. The molecule has 0 spiro atoms. The van der Waals surface area contributed by atoms with E-state index in [-0.39, 0.29) is 0 Å². The van der Waals surface area contributed by atoms with Gasteiger partial charge in [-0.25, -0.2) is 0 Å². The average Bonchev–Trinajstić information content (AvgIpc) is 2.37. The van der Waals surface area contributed by atoms with Gasteiger partial charge in [-0.1, -0.05) is 30.3 Å². The fourth-order valence-electron chi connectivity index (χ4n) is 1.80. The topological polar surface area (TPSA) is 9.23 Å². The van der Waals surface area contributed by atoms with Crippen molar-refractivity contribution in [1.29, 1.82) is 0 Å². The lowest BCUT2D eigenvalue weighted by molar-refractivity contribution is 0.325. The van der Waals surface area contributed by atoms with Crippen LogP contribution in [0.5, 0.6) is 5.75 Å². The van der Waals surface area contributed by atoms with E-state index >= 15 is 0 Å². The Labute approximate surface area is 109 Å². The maximum Gasteiger partial charge on any atom is 0.509 e. The molecule has 0 saturated heterocycles. The van der Waals surface area contributed by atoms with E-state index in [1.54, 1.807) is 24.3 Å². The Morgan fingerprint density at radius 1 is 1.05 bits per heavy atom. The first-order chi connectivity index (χ1) is 9.00. The molecule has 5 heteroatoms. The standard InChI is InChI=1S/C14H13BF3O/c1-2-3-8-19-14-7-5-11-9-13(15(16,17)18)6-4-12(11)10-14/h2,4-7,9-10H,1,3,8H2/q-1. The molecule has 0 aliphatic heterocycles. The Hall–Kier alpha value is -1.91. The minimum atomic E-state index is -4.95. The Morgan fingerprint density at radius 2 is 1.74 bits per heavy atom. The molecule has 0 unspecified atom stereocenters. The molecule has 100 valence electrons. The predicted molar refractivity (Wildman–Crippen MR) is 73.0 cm³/mol. The third-order valence-corrected chi connectivity index (χ3v) is 2.80. The van der Waals surface area contributed by atoms with E-state index in [0.717, 1.165) is 17.9 Å². The molecule has 0 amide bonds. The van der Waals surface area contributed by atoms with Gasteiger partial charge in [0, 0.05) is 0 Å². The first-order valence-electron chi connectivity index (χ1n) is 5.98. The van der Waals surface area contributed by atoms with Gasteiger partial charge < -0.3 is 17.7 Å². The van der Waals surface area contributed by atoms with Gasteiger partial charge in [0.15, 0.2) is 0 Å². The van der Waals surface area contributed by atoms with E-state index < -0.39 is 12.4 Å². The number of hydrogen-bond donors (Lipinski definition) is 0. The Bertz CT molecular complexity index is 593. The molecule has 0 saturated carbocycles. The van der Waals surface area contributed by atoms with Crippen molar-refractivity contribution in [2.45, 2.75) is 6.42 Å². The average molecular weight is 265 g/mol. The number of halogens is 3. The minimum absolute atomic E-state index is 0.513. The van der Waals surface area contributed by atoms with Crippen molar-refractivity contribution in [3.8, 4) is 5.75 Å². The first kappa shape index (κ1) is 13.5. The van der Waals surface area contributed by atoms with Crippen molar-refractivity contribution in [3.63, 3.8) is 0 Å². The second kappa shape index (κ2) is 5.39. The van der Waals surface area contributed by atoms with Gasteiger partial charge in [0.05, 0.1) is 6.61 Å². The lowest BCUT2D eigenvalue weighted by atomic mass is 9.79. The summed E-state index contributed by atoms with van der Waals surface area (Å²) in [6.45, 7) is -0.849. The molecule has 0 atom stereocenters. The normalized spacial score (nSPS) is 11.5. The molecular weight excluding hydrogens is 252 g/mol. The highest BCUT2D eigenvalue weighted by Crippen LogP contribution is 2.21. The fraction of sp³-hybridized carbons (Fsp3) is 0.143. The first-order valence-corrected chi connectivity index (χ1v) is 5.98. The highest BCUT2D eigenvalue weighted by atomic mass is 19.4. The van der Waals surface area contributed by atoms with Crippen LogP contribution in [-0.4, -0.2) is 13.6 Å². The molecule has 19 heavy (non-hydrogen) atoms. The Balaban J connectivity index is 2.27. The quantitative estimate of drug-likeness (QED) is 0.453. The molecule has 0 heterocycles. The highest BCUT2D eigenvalue weighted by Gasteiger charge is 2.25. The largest absolute Gasteiger partial charge is 0.509 e. The van der Waals surface area contributed by atoms with E-state index in [1.807, 2.05) is 0 Å². The van der Waals surface area contributed by atoms with Crippen LogP contribution in [0.3, 0.4) is 0 Å². The van der Waals surface area contributed by atoms with Crippen LogP contribution in [0, 0.1) is 0 Å². The van der Waals surface area contributed by atoms with Crippen LogP contribution in [0.25, 0.3) is 10.8 Å². The van der Waals surface area contributed by atoms with Gasteiger partial charge in [-0.2, -0.15) is 0 Å². The Kier molecular flexibility index (Phi) is 3.83. The maximum absolute atomic E-state index is 12.6. The Morgan fingerprint density at radius 3 is 2.42 bits per heavy atom. The summed E-state index contributed by atoms with van der Waals surface area (Å²) in [4.78, 5) is 0. The van der Waals surface area contributed by atoms with Crippen molar-refractivity contribution >= 4 is 23.2 Å². The second-order valence-electron chi connectivity index (χ2n) is 4.27. The smallest absolute Gasteiger partial charge is 0.493 e. The highest BCUT2D eigenvalue weighted by molar-refractivity contribution is 6.73. The van der Waals surface area contributed by atoms with Gasteiger partial charge in [-0.05, 0) is 29.3 Å². The molecule has 1 nitrogen and oxygen atoms in total. The van der Waals surface area contributed by atoms with Gasteiger partial charge in [0.1, 0.15) is 5.75 Å². The minimum Gasteiger partial charge on any atom is -0.493 e. The molecule has 0 radical (unpaired) electrons. The van der Waals surface area contributed by atoms with Crippen LogP contribution in [0.1, 0.15) is 6.42 Å². The lowest BCUT2D eigenvalue weighted by Gasteiger charge is -2.15. The van der Waals surface area contributed by atoms with Crippen LogP contribution in [0.15, 0.2) is 49.1 Å². The van der Waals surface area contributed by atoms with Crippen molar-refractivity contribution in [1.82, 2.24) is 0 Å². The van der Waals surface area contributed by atoms with Crippen LogP contribution >= 0.6 is 0 Å². The van der Waals surface area contributed by atoms with Crippen LogP contribution in [0.4, 0.5) is 12.9 Å². The van der Waals surface area contributed by atoms with Crippen molar-refractivity contribution in [2.24, 2.45) is 0 Å². The van der Waals surface area contributed by atoms with E-state index in [4.69, 9.17) is 4.74 Å². The molecule has 0 bridgehead atoms. The molecule has 2 rings (SSSR count). The molecular formula is C14H13BF3O-. The van der Waals surface area contributed by atoms with Crippen molar-refractivity contribution in [2.75, 3.05) is 6.61 Å². The summed E-state index contributed by atoms with van der Waals surface area (Å²) in [5.74, 6) is 0.652. The predicted octanol–water partition coefficient (Wildman–Crippen LogP) is 3.85. The van der Waals surface area contributed by atoms with Gasteiger partial charge in [0.2, 0.25) is 0 Å². The van der Waals surface area contributed by atoms with E-state index in [9.17, 15) is 12.9 Å². The molecule has 2 aromatic carbocycles.